The molecule has 1 aliphatic carbocycles. The quantitative estimate of drug-likeness (QED) is 0.687. The van der Waals surface area contributed by atoms with E-state index in [0.29, 0.717) is 23.1 Å². The van der Waals surface area contributed by atoms with Gasteiger partial charge in [0.15, 0.2) is 11.6 Å². The Hall–Kier alpha value is -3.09. The number of ether oxygens (including phenoxy) is 2. The third kappa shape index (κ3) is 3.08. The molecule has 132 valence electrons. The van der Waals surface area contributed by atoms with Gasteiger partial charge in [0.25, 0.3) is 0 Å². The summed E-state index contributed by atoms with van der Waals surface area (Å²) in [4.78, 5) is 16.2. The molecule has 26 heavy (non-hydrogen) atoms. The summed E-state index contributed by atoms with van der Waals surface area (Å²) < 4.78 is 26.3. The second kappa shape index (κ2) is 7.03. The molecule has 0 saturated heterocycles. The van der Waals surface area contributed by atoms with Crippen LogP contribution in [0.25, 0.3) is 11.3 Å². The van der Waals surface area contributed by atoms with Gasteiger partial charge in [-0.15, -0.1) is 0 Å². The number of benzene rings is 1. The highest BCUT2D eigenvalue weighted by atomic mass is 19.1. The van der Waals surface area contributed by atoms with Crippen molar-refractivity contribution in [1.29, 1.82) is 0 Å². The van der Waals surface area contributed by atoms with Crippen LogP contribution in [0.5, 0.6) is 17.5 Å². The molecule has 6 nitrogen and oxygen atoms in total. The van der Waals surface area contributed by atoms with E-state index in [1.165, 1.54) is 31.9 Å². The topological polar surface area (TPSA) is 70.0 Å². The third-order valence-corrected chi connectivity index (χ3v) is 4.54. The highest BCUT2D eigenvalue weighted by Gasteiger charge is 2.27. The number of hydrogen-bond acceptors (Lipinski definition) is 6. The predicted molar refractivity (Wildman–Crippen MR) is 92.7 cm³/mol. The summed E-state index contributed by atoms with van der Waals surface area (Å²) in [7, 11) is 1.50. The second-order valence-electron chi connectivity index (χ2n) is 6.06. The van der Waals surface area contributed by atoms with Gasteiger partial charge in [0, 0.05) is 23.5 Å². The lowest BCUT2D eigenvalue weighted by Crippen LogP contribution is -2.11. The van der Waals surface area contributed by atoms with E-state index in [4.69, 9.17) is 9.47 Å². The molecular formula is C19H17FN4O2. The summed E-state index contributed by atoms with van der Waals surface area (Å²) in [6.45, 7) is 0. The molecule has 0 bridgehead atoms. The van der Waals surface area contributed by atoms with Gasteiger partial charge in [0.2, 0.25) is 11.8 Å². The lowest BCUT2D eigenvalue weighted by Gasteiger charge is -2.28. The highest BCUT2D eigenvalue weighted by molar-refractivity contribution is 5.64. The largest absolute Gasteiger partial charge is 0.481 e. The summed E-state index contributed by atoms with van der Waals surface area (Å²) in [5.74, 6) is 0.587. The van der Waals surface area contributed by atoms with Crippen LogP contribution >= 0.6 is 0 Å². The molecule has 1 fully saturated rings. The molecule has 3 aromatic rings. The summed E-state index contributed by atoms with van der Waals surface area (Å²) in [6, 6.07) is 5.17. The molecule has 0 N–H and O–H groups in total. The Balaban J connectivity index is 1.78. The van der Waals surface area contributed by atoms with Gasteiger partial charge in [-0.25, -0.2) is 14.4 Å². The van der Waals surface area contributed by atoms with E-state index in [1.807, 2.05) is 6.07 Å². The van der Waals surface area contributed by atoms with Gasteiger partial charge >= 0.3 is 0 Å². The van der Waals surface area contributed by atoms with Crippen molar-refractivity contribution in [2.24, 2.45) is 0 Å². The van der Waals surface area contributed by atoms with E-state index < -0.39 is 5.82 Å². The van der Waals surface area contributed by atoms with E-state index in [-0.39, 0.29) is 11.6 Å². The minimum absolute atomic E-state index is 0.179. The fourth-order valence-electron chi connectivity index (χ4n) is 2.95. The molecule has 4 rings (SSSR count). The van der Waals surface area contributed by atoms with Crippen molar-refractivity contribution in [2.45, 2.75) is 25.2 Å². The average Bonchev–Trinajstić information content (AvgIpc) is 2.64. The number of halogens is 1. The highest BCUT2D eigenvalue weighted by Crippen LogP contribution is 2.44. The minimum atomic E-state index is -0.465. The zero-order valence-corrected chi connectivity index (χ0v) is 14.2. The lowest BCUT2D eigenvalue weighted by molar-refractivity contribution is 0.368. The van der Waals surface area contributed by atoms with Crippen LogP contribution in [-0.4, -0.2) is 27.0 Å². The first-order chi connectivity index (χ1) is 12.8. The van der Waals surface area contributed by atoms with E-state index in [2.05, 4.69) is 19.9 Å². The Morgan fingerprint density at radius 2 is 1.92 bits per heavy atom. The zero-order valence-electron chi connectivity index (χ0n) is 14.2. The maximum atomic E-state index is 15.3. The van der Waals surface area contributed by atoms with Crippen LogP contribution in [0.1, 0.15) is 30.7 Å². The smallest absolute Gasteiger partial charge is 0.226 e. The summed E-state index contributed by atoms with van der Waals surface area (Å²) in [6.07, 6.45) is 9.11. The maximum Gasteiger partial charge on any atom is 0.226 e. The Bertz CT molecular complexity index is 917. The minimum Gasteiger partial charge on any atom is -0.481 e. The molecule has 2 aromatic heterocycles. The number of nitrogens with zero attached hydrogens (tertiary/aromatic N) is 4. The van der Waals surface area contributed by atoms with E-state index in [9.17, 15) is 0 Å². The number of methoxy groups -OCH3 is 1. The van der Waals surface area contributed by atoms with Crippen molar-refractivity contribution >= 4 is 0 Å². The van der Waals surface area contributed by atoms with Crippen LogP contribution in [0.3, 0.4) is 0 Å². The maximum absolute atomic E-state index is 15.3. The fraction of sp³-hybridized carbons (Fsp3) is 0.263. The predicted octanol–water partition coefficient (Wildman–Crippen LogP) is 4.14. The van der Waals surface area contributed by atoms with E-state index >= 15 is 4.39 Å². The van der Waals surface area contributed by atoms with Crippen molar-refractivity contribution in [3.05, 3.63) is 54.5 Å². The SMILES string of the molecule is COc1cc(Oc2c(C3CCC3)ccc(-c3cnccn3)c2F)ncn1. The van der Waals surface area contributed by atoms with Crippen LogP contribution in [0.15, 0.2) is 43.1 Å². The molecule has 0 radical (unpaired) electrons. The van der Waals surface area contributed by atoms with Crippen molar-refractivity contribution < 1.29 is 13.9 Å². The Labute approximate surface area is 150 Å². The zero-order chi connectivity index (χ0) is 17.9. The molecule has 2 heterocycles. The summed E-state index contributed by atoms with van der Waals surface area (Å²) in [5.41, 5.74) is 1.64. The van der Waals surface area contributed by atoms with Crippen molar-refractivity contribution in [2.75, 3.05) is 7.11 Å². The molecule has 1 aliphatic rings. The van der Waals surface area contributed by atoms with Crippen molar-refractivity contribution in [1.82, 2.24) is 19.9 Å². The Morgan fingerprint density at radius 3 is 2.62 bits per heavy atom. The standard InChI is InChI=1S/C19H17FN4O2/c1-25-16-9-17(24-11-23-16)26-19-13(12-3-2-4-12)5-6-14(18(19)20)15-10-21-7-8-22-15/h5-12H,2-4H2,1H3. The van der Waals surface area contributed by atoms with Crippen LogP contribution in [0, 0.1) is 5.82 Å². The first kappa shape index (κ1) is 16.4. The first-order valence-electron chi connectivity index (χ1n) is 8.39. The first-order valence-corrected chi connectivity index (χ1v) is 8.39. The monoisotopic (exact) mass is 352 g/mol. The summed E-state index contributed by atoms with van der Waals surface area (Å²) >= 11 is 0. The van der Waals surface area contributed by atoms with Crippen LogP contribution < -0.4 is 9.47 Å². The van der Waals surface area contributed by atoms with Gasteiger partial charge in [0.05, 0.1) is 25.1 Å². The molecular weight excluding hydrogens is 335 g/mol. The number of aromatic nitrogens is 4. The molecule has 7 heteroatoms. The Kier molecular flexibility index (Phi) is 4.43. The van der Waals surface area contributed by atoms with Gasteiger partial charge in [-0.2, -0.15) is 0 Å². The van der Waals surface area contributed by atoms with Gasteiger partial charge < -0.3 is 9.47 Å². The van der Waals surface area contributed by atoms with Crippen molar-refractivity contribution in [3.63, 3.8) is 0 Å². The van der Waals surface area contributed by atoms with Crippen LogP contribution in [0.2, 0.25) is 0 Å². The Morgan fingerprint density at radius 1 is 1.08 bits per heavy atom. The number of rotatable bonds is 5. The fourth-order valence-corrected chi connectivity index (χ4v) is 2.95. The molecule has 1 aromatic carbocycles. The molecule has 0 spiro atoms. The van der Waals surface area contributed by atoms with Gasteiger partial charge in [-0.1, -0.05) is 12.5 Å². The third-order valence-electron chi connectivity index (χ3n) is 4.54. The van der Waals surface area contributed by atoms with E-state index in [0.717, 1.165) is 24.8 Å². The molecule has 1 saturated carbocycles. The van der Waals surface area contributed by atoms with E-state index in [1.54, 1.807) is 12.3 Å². The molecule has 0 unspecified atom stereocenters. The van der Waals surface area contributed by atoms with Gasteiger partial charge in [-0.05, 0) is 24.8 Å². The molecule has 0 atom stereocenters. The van der Waals surface area contributed by atoms with Gasteiger partial charge in [-0.3, -0.25) is 9.97 Å². The number of hydrogen-bond donors (Lipinski definition) is 0. The van der Waals surface area contributed by atoms with Crippen LogP contribution in [-0.2, 0) is 0 Å². The second-order valence-corrected chi connectivity index (χ2v) is 6.06. The summed E-state index contributed by atoms with van der Waals surface area (Å²) in [5, 5.41) is 0. The van der Waals surface area contributed by atoms with Crippen LogP contribution in [0.4, 0.5) is 4.39 Å². The molecule has 0 aliphatic heterocycles. The van der Waals surface area contributed by atoms with Gasteiger partial charge in [0.1, 0.15) is 6.33 Å². The normalized spacial score (nSPS) is 13.9. The average molecular weight is 352 g/mol. The molecule has 0 amide bonds. The lowest BCUT2D eigenvalue weighted by atomic mass is 9.79. The van der Waals surface area contributed by atoms with Crippen molar-refractivity contribution in [3.8, 4) is 28.8 Å².